The summed E-state index contributed by atoms with van der Waals surface area (Å²) in [6, 6.07) is 3.94. The van der Waals surface area contributed by atoms with E-state index in [1.807, 2.05) is 18.3 Å². The lowest BCUT2D eigenvalue weighted by Gasteiger charge is -2.23. The molecule has 0 atom stereocenters. The van der Waals surface area contributed by atoms with Gasteiger partial charge in [0.05, 0.1) is 26.2 Å². The summed E-state index contributed by atoms with van der Waals surface area (Å²) < 4.78 is 2.79. The van der Waals surface area contributed by atoms with Gasteiger partial charge in [-0.15, -0.1) is 0 Å². The summed E-state index contributed by atoms with van der Waals surface area (Å²) in [5.74, 6) is 0.888. The van der Waals surface area contributed by atoms with Crippen molar-refractivity contribution in [2.24, 2.45) is 0 Å². The van der Waals surface area contributed by atoms with Crippen LogP contribution in [0.3, 0.4) is 0 Å². The van der Waals surface area contributed by atoms with E-state index >= 15 is 0 Å². The van der Waals surface area contributed by atoms with E-state index in [2.05, 4.69) is 19.7 Å². The van der Waals surface area contributed by atoms with Gasteiger partial charge in [0.2, 0.25) is 0 Å². The van der Waals surface area contributed by atoms with Crippen LogP contribution < -0.4 is 4.90 Å². The SMILES string of the molecule is S=c1[nH]nc(-c2cccnc2)n1CC[NH+]1CCCCC1. The highest BCUT2D eigenvalue weighted by Crippen LogP contribution is 2.14. The van der Waals surface area contributed by atoms with E-state index in [0.717, 1.165) is 24.5 Å². The van der Waals surface area contributed by atoms with Crippen molar-refractivity contribution < 1.29 is 4.90 Å². The molecule has 0 aliphatic carbocycles. The van der Waals surface area contributed by atoms with Crippen LogP contribution in [0.25, 0.3) is 11.4 Å². The largest absolute Gasteiger partial charge is 0.333 e. The summed E-state index contributed by atoms with van der Waals surface area (Å²) >= 11 is 5.35. The van der Waals surface area contributed by atoms with E-state index in [4.69, 9.17) is 12.2 Å². The molecule has 2 aromatic rings. The molecule has 0 aromatic carbocycles. The van der Waals surface area contributed by atoms with Crippen molar-refractivity contribution >= 4 is 12.2 Å². The first-order valence-electron chi connectivity index (χ1n) is 7.24. The maximum atomic E-state index is 5.35. The highest BCUT2D eigenvalue weighted by atomic mass is 32.1. The molecular weight excluding hydrogens is 270 g/mol. The number of quaternary nitrogens is 1. The molecule has 3 rings (SSSR count). The number of aromatic amines is 1. The van der Waals surface area contributed by atoms with E-state index in [-0.39, 0.29) is 0 Å². The second-order valence-electron chi connectivity index (χ2n) is 5.31. The lowest BCUT2D eigenvalue weighted by atomic mass is 10.1. The van der Waals surface area contributed by atoms with Crippen molar-refractivity contribution in [3.63, 3.8) is 0 Å². The molecule has 0 unspecified atom stereocenters. The Morgan fingerprint density at radius 2 is 2.15 bits per heavy atom. The molecule has 106 valence electrons. The monoisotopic (exact) mass is 290 g/mol. The molecule has 6 heteroatoms. The van der Waals surface area contributed by atoms with Crippen molar-refractivity contribution in [3.05, 3.63) is 29.3 Å². The van der Waals surface area contributed by atoms with Gasteiger partial charge < -0.3 is 4.90 Å². The Balaban J connectivity index is 1.76. The van der Waals surface area contributed by atoms with Crippen molar-refractivity contribution in [1.29, 1.82) is 0 Å². The minimum absolute atomic E-state index is 0.695. The number of aromatic nitrogens is 4. The van der Waals surface area contributed by atoms with E-state index < -0.39 is 0 Å². The van der Waals surface area contributed by atoms with Crippen LogP contribution in [-0.2, 0) is 6.54 Å². The average Bonchev–Trinajstić information content (AvgIpc) is 2.88. The van der Waals surface area contributed by atoms with Crippen LogP contribution in [-0.4, -0.2) is 39.4 Å². The normalized spacial score (nSPS) is 16.4. The number of pyridine rings is 1. The van der Waals surface area contributed by atoms with Gasteiger partial charge >= 0.3 is 0 Å². The smallest absolute Gasteiger partial charge is 0.195 e. The van der Waals surface area contributed by atoms with Gasteiger partial charge in [0.15, 0.2) is 10.6 Å². The minimum atomic E-state index is 0.695. The topological polar surface area (TPSA) is 50.9 Å². The molecule has 1 aliphatic rings. The Kier molecular flexibility index (Phi) is 4.22. The van der Waals surface area contributed by atoms with Gasteiger partial charge in [0.25, 0.3) is 0 Å². The van der Waals surface area contributed by atoms with Gasteiger partial charge in [-0.1, -0.05) is 0 Å². The van der Waals surface area contributed by atoms with Gasteiger partial charge in [0.1, 0.15) is 0 Å². The average molecular weight is 290 g/mol. The first-order chi connectivity index (χ1) is 9.84. The maximum absolute atomic E-state index is 5.35. The number of likely N-dealkylation sites (tertiary alicyclic amines) is 1. The lowest BCUT2D eigenvalue weighted by molar-refractivity contribution is -0.905. The van der Waals surface area contributed by atoms with Gasteiger partial charge in [-0.3, -0.25) is 14.6 Å². The molecule has 0 spiro atoms. The maximum Gasteiger partial charge on any atom is 0.195 e. The summed E-state index contributed by atoms with van der Waals surface area (Å²) in [5.41, 5.74) is 1.01. The third kappa shape index (κ3) is 2.96. The second-order valence-corrected chi connectivity index (χ2v) is 5.69. The summed E-state index contributed by atoms with van der Waals surface area (Å²) in [4.78, 5) is 5.83. The molecule has 2 N–H and O–H groups in total. The van der Waals surface area contributed by atoms with Crippen LogP contribution in [0.5, 0.6) is 0 Å². The predicted octanol–water partition coefficient (Wildman–Crippen LogP) is 1.07. The Morgan fingerprint density at radius 3 is 2.90 bits per heavy atom. The number of nitrogens with one attached hydrogen (secondary N) is 2. The molecule has 2 aromatic heterocycles. The van der Waals surface area contributed by atoms with Crippen LogP contribution in [0.4, 0.5) is 0 Å². The molecule has 0 bridgehead atoms. The van der Waals surface area contributed by atoms with Crippen molar-refractivity contribution in [1.82, 2.24) is 19.7 Å². The number of piperidine rings is 1. The zero-order valence-electron chi connectivity index (χ0n) is 11.5. The third-order valence-corrected chi connectivity index (χ3v) is 4.24. The Labute approximate surface area is 123 Å². The second kappa shape index (κ2) is 6.28. The summed E-state index contributed by atoms with van der Waals surface area (Å²) in [5, 5.41) is 7.25. The van der Waals surface area contributed by atoms with Crippen LogP contribution in [0.1, 0.15) is 19.3 Å². The van der Waals surface area contributed by atoms with Crippen molar-refractivity contribution in [3.8, 4) is 11.4 Å². The fraction of sp³-hybridized carbons (Fsp3) is 0.500. The highest BCUT2D eigenvalue weighted by molar-refractivity contribution is 7.71. The summed E-state index contributed by atoms with van der Waals surface area (Å²) in [6.07, 6.45) is 7.68. The van der Waals surface area contributed by atoms with Crippen molar-refractivity contribution in [2.75, 3.05) is 19.6 Å². The number of rotatable bonds is 4. The highest BCUT2D eigenvalue weighted by Gasteiger charge is 2.15. The fourth-order valence-corrected chi connectivity index (χ4v) is 3.04. The zero-order valence-corrected chi connectivity index (χ0v) is 12.3. The first-order valence-corrected chi connectivity index (χ1v) is 7.64. The van der Waals surface area contributed by atoms with E-state index in [0.29, 0.717) is 4.77 Å². The Morgan fingerprint density at radius 1 is 1.30 bits per heavy atom. The Bertz CT molecular complexity index is 598. The van der Waals surface area contributed by atoms with Crippen LogP contribution in [0.15, 0.2) is 24.5 Å². The molecule has 0 amide bonds. The van der Waals surface area contributed by atoms with Gasteiger partial charge in [0, 0.05) is 18.0 Å². The first kappa shape index (κ1) is 13.5. The number of H-pyrrole nitrogens is 1. The predicted molar refractivity (Wildman–Crippen MR) is 80.1 cm³/mol. The van der Waals surface area contributed by atoms with Crippen molar-refractivity contribution in [2.45, 2.75) is 25.8 Å². The van der Waals surface area contributed by atoms with E-state index in [1.165, 1.54) is 32.4 Å². The van der Waals surface area contributed by atoms with Crippen LogP contribution in [0.2, 0.25) is 0 Å². The lowest BCUT2D eigenvalue weighted by Crippen LogP contribution is -3.13. The zero-order chi connectivity index (χ0) is 13.8. The molecule has 0 radical (unpaired) electrons. The number of hydrogen-bond donors (Lipinski definition) is 2. The Hall–Kier alpha value is -1.53. The van der Waals surface area contributed by atoms with Gasteiger partial charge in [-0.25, -0.2) is 0 Å². The van der Waals surface area contributed by atoms with E-state index in [1.54, 1.807) is 11.1 Å². The fourth-order valence-electron chi connectivity index (χ4n) is 2.81. The number of nitrogens with zero attached hydrogens (tertiary/aromatic N) is 3. The van der Waals surface area contributed by atoms with E-state index in [9.17, 15) is 0 Å². The standard InChI is InChI=1S/C14H19N5S/c20-14-17-16-13(12-5-4-6-15-11-12)19(14)10-9-18-7-2-1-3-8-18/h4-6,11H,1-3,7-10H2,(H,17,20)/p+1. The molecule has 20 heavy (non-hydrogen) atoms. The molecule has 1 saturated heterocycles. The third-order valence-electron chi connectivity index (χ3n) is 3.93. The summed E-state index contributed by atoms with van der Waals surface area (Å²) in [7, 11) is 0. The van der Waals surface area contributed by atoms with Crippen LogP contribution in [0, 0.1) is 4.77 Å². The van der Waals surface area contributed by atoms with Gasteiger partial charge in [-0.05, 0) is 43.6 Å². The quantitative estimate of drug-likeness (QED) is 0.828. The molecule has 3 heterocycles. The minimum Gasteiger partial charge on any atom is -0.333 e. The number of hydrogen-bond acceptors (Lipinski definition) is 3. The molecule has 0 saturated carbocycles. The molecule has 1 fully saturated rings. The molecule has 1 aliphatic heterocycles. The van der Waals surface area contributed by atoms with Crippen LogP contribution >= 0.6 is 12.2 Å². The molecular formula is C14H20N5S+. The van der Waals surface area contributed by atoms with Gasteiger partial charge in [-0.2, -0.15) is 5.10 Å². The molecule has 5 nitrogen and oxygen atoms in total. The summed E-state index contributed by atoms with van der Waals surface area (Å²) in [6.45, 7) is 4.59.